The van der Waals surface area contributed by atoms with Gasteiger partial charge in [-0.25, -0.2) is 0 Å². The molecule has 0 bridgehead atoms. The highest BCUT2D eigenvalue weighted by Crippen LogP contribution is 2.14. The predicted octanol–water partition coefficient (Wildman–Crippen LogP) is 3.60. The highest BCUT2D eigenvalue weighted by molar-refractivity contribution is 9.09. The quantitative estimate of drug-likeness (QED) is 0.608. The lowest BCUT2D eigenvalue weighted by Crippen LogP contribution is -1.98. The molecule has 1 heteroatoms. The molecule has 0 aromatic rings. The molecule has 1 atom stereocenters. The second-order valence-corrected chi connectivity index (χ2v) is 1.37. The summed E-state index contributed by atoms with van der Waals surface area (Å²) < 4.78 is 127. The molecule has 0 aromatic heterocycles. The Kier molecular flexibility index (Phi) is 0.770. The third-order valence-electron chi connectivity index (χ3n) is 0.469. The van der Waals surface area contributed by atoms with Crippen LogP contribution in [-0.4, -0.2) is 5.28 Å². The molecule has 1 unspecified atom stereocenters. The second kappa shape index (κ2) is 6.60. The predicted molar refractivity (Wildman–Crippen MR) is 47.1 cm³/mol. The summed E-state index contributed by atoms with van der Waals surface area (Å²) in [7, 11) is 0. The molecule has 0 spiro atoms. The summed E-state index contributed by atoms with van der Waals surface area (Å²) in [5, 5.41) is -3.54. The Hall–Kier alpha value is 0.480. The maximum absolute atomic E-state index is 8.05. The van der Waals surface area contributed by atoms with Gasteiger partial charge in [-0.05, 0) is 12.3 Å². The fourth-order valence-corrected chi connectivity index (χ4v) is 0.370. The zero-order valence-electron chi connectivity index (χ0n) is 21.4. The summed E-state index contributed by atoms with van der Waals surface area (Å²) in [4.78, 5) is 0. The molecule has 0 nitrogen and oxygen atoms in total. The Morgan fingerprint density at radius 2 is 2.67 bits per heavy atom. The van der Waals surface area contributed by atoms with Gasteiger partial charge in [0, 0.05) is 28.6 Å². The van der Waals surface area contributed by atoms with Crippen LogP contribution in [0.25, 0.3) is 0 Å². The van der Waals surface area contributed by atoms with Gasteiger partial charge in [-0.1, -0.05) is 48.8 Å². The van der Waals surface area contributed by atoms with Crippen LogP contribution >= 0.6 is 15.9 Å². The lowest BCUT2D eigenvalue weighted by molar-refractivity contribution is 0.502. The Balaban J connectivity index is 7.03. The van der Waals surface area contributed by atoms with Gasteiger partial charge in [0.05, 0.1) is 0 Å². The van der Waals surface area contributed by atoms with Crippen LogP contribution in [0, 0.1) is 5.89 Å². The molecule has 0 N–H and O–H groups in total. The fraction of sp³-hybridized carbons (Fsp3) is 1.00. The molecule has 9 heavy (non-hydrogen) atoms. The van der Waals surface area contributed by atoms with E-state index < -0.39 is 50.4 Å². The zero-order chi connectivity index (χ0) is 22.0. The molecule has 0 fully saturated rings. The Labute approximate surface area is 91.0 Å². The van der Waals surface area contributed by atoms with Gasteiger partial charge in [0.1, 0.15) is 0 Å². The molecule has 0 aliphatic rings. The van der Waals surface area contributed by atoms with Crippen molar-refractivity contribution in [2.75, 3.05) is 5.28 Å². The molecular weight excluding hydrogens is 176 g/mol. The van der Waals surface area contributed by atoms with Crippen molar-refractivity contribution in [1.82, 2.24) is 0 Å². The van der Waals surface area contributed by atoms with Crippen molar-refractivity contribution in [2.24, 2.45) is 5.89 Å². The Bertz CT molecular complexity index is 520. The van der Waals surface area contributed by atoms with E-state index >= 15 is 0 Å². The van der Waals surface area contributed by atoms with Gasteiger partial charge in [0.25, 0.3) is 0 Å². The normalized spacial score (nSPS) is 55.9. The highest BCUT2D eigenvalue weighted by Gasteiger charge is 2.01. The monoisotopic (exact) mass is 209 g/mol. The Morgan fingerprint density at radius 3 is 3.22 bits per heavy atom. The molecule has 0 heterocycles. The van der Waals surface area contributed by atoms with Crippen LogP contribution in [0.15, 0.2) is 0 Å². The van der Waals surface area contributed by atoms with E-state index in [0.717, 1.165) is 0 Å². The summed E-state index contributed by atoms with van der Waals surface area (Å²) in [6, 6.07) is 0. The van der Waals surface area contributed by atoms with E-state index in [1.54, 1.807) is 0 Å². The van der Waals surface area contributed by atoms with Crippen molar-refractivity contribution < 1.29 is 23.3 Å². The first-order valence-electron chi connectivity index (χ1n) is 10.4. The lowest BCUT2D eigenvalue weighted by Gasteiger charge is -2.08. The standard InChI is InChI=1S/C8H17Br/c1-3-5-6-8(4-2)7-9/h8H,3-7H2,1-2H3/i1D3,2D3,3D2,4D2,5D2,6D2,7D2,8D. The molecule has 0 amide bonds. The van der Waals surface area contributed by atoms with Gasteiger partial charge < -0.3 is 0 Å². The molecule has 0 aromatic carbocycles. The lowest BCUT2D eigenvalue weighted by atomic mass is 10.0. The second-order valence-electron chi connectivity index (χ2n) is 0.969. The van der Waals surface area contributed by atoms with Crippen molar-refractivity contribution in [3.8, 4) is 0 Å². The van der Waals surface area contributed by atoms with Crippen LogP contribution < -0.4 is 0 Å². The van der Waals surface area contributed by atoms with E-state index in [2.05, 4.69) is 15.9 Å². The third-order valence-corrected chi connectivity index (χ3v) is 0.866. The zero-order valence-corrected chi connectivity index (χ0v) is 5.96. The minimum absolute atomic E-state index is 2.16. The molecule has 0 radical (unpaired) electrons. The van der Waals surface area contributed by atoms with Gasteiger partial charge in [0.15, 0.2) is 0 Å². The van der Waals surface area contributed by atoms with Crippen LogP contribution in [0.1, 0.15) is 62.5 Å². The molecule has 0 rings (SSSR count). The molecule has 0 saturated heterocycles. The maximum atomic E-state index is 8.05. The fourth-order valence-electron chi connectivity index (χ4n) is 0.172. The molecule has 0 saturated carbocycles. The molecule has 0 aliphatic heterocycles. The SMILES string of the molecule is [2H]C([2H])([2H])C([2H])([2H])C([2H])([2H])C([2H])([2H])C([2H])(C([2H])([2H])Br)C([2H])([2H])C([2H])([2H])[2H]. The largest absolute Gasteiger partial charge is 0.0925 e. The topological polar surface area (TPSA) is 0 Å². The van der Waals surface area contributed by atoms with Crippen LogP contribution in [0.2, 0.25) is 0 Å². The van der Waals surface area contributed by atoms with Crippen molar-refractivity contribution in [3.63, 3.8) is 0 Å². The van der Waals surface area contributed by atoms with Crippen LogP contribution in [0.5, 0.6) is 0 Å². The molecule has 0 aliphatic carbocycles. The van der Waals surface area contributed by atoms with E-state index in [1.807, 2.05) is 0 Å². The van der Waals surface area contributed by atoms with Crippen LogP contribution in [0.4, 0.5) is 0 Å². The smallest absolute Gasteiger partial charge is 0.0389 e. The van der Waals surface area contributed by atoms with Crippen molar-refractivity contribution in [1.29, 1.82) is 0 Å². The number of halogens is 1. The molecule has 56 valence electrons. The minimum Gasteiger partial charge on any atom is -0.0925 e. The van der Waals surface area contributed by atoms with E-state index in [-0.39, 0.29) is 0 Å². The van der Waals surface area contributed by atoms with Crippen LogP contribution in [-0.2, 0) is 0 Å². The van der Waals surface area contributed by atoms with Gasteiger partial charge in [-0.2, -0.15) is 0 Å². The maximum Gasteiger partial charge on any atom is 0.0389 e. The van der Waals surface area contributed by atoms with E-state index in [9.17, 15) is 0 Å². The molecular formula is C8H17Br. The van der Waals surface area contributed by atoms with Crippen LogP contribution in [0.3, 0.4) is 0 Å². The number of hydrogen-bond acceptors (Lipinski definition) is 0. The van der Waals surface area contributed by atoms with E-state index in [0.29, 0.717) is 0 Å². The highest BCUT2D eigenvalue weighted by atomic mass is 79.9. The average molecular weight is 210 g/mol. The van der Waals surface area contributed by atoms with Crippen molar-refractivity contribution in [3.05, 3.63) is 0 Å². The first-order chi connectivity index (χ1) is 10.8. The first kappa shape index (κ1) is 1.05. The van der Waals surface area contributed by atoms with Gasteiger partial charge in [-0.3, -0.25) is 0 Å². The van der Waals surface area contributed by atoms with Gasteiger partial charge in [0.2, 0.25) is 0 Å². The summed E-state index contributed by atoms with van der Waals surface area (Å²) in [6.07, 6.45) is -16.6. The van der Waals surface area contributed by atoms with E-state index in [4.69, 9.17) is 23.3 Å². The Morgan fingerprint density at radius 1 is 1.78 bits per heavy atom. The minimum atomic E-state index is -4.28. The van der Waals surface area contributed by atoms with Gasteiger partial charge >= 0.3 is 0 Å². The summed E-state index contributed by atoms with van der Waals surface area (Å²) in [5.41, 5.74) is 0. The number of rotatable bonds is 5. The van der Waals surface area contributed by atoms with E-state index in [1.165, 1.54) is 0 Å². The number of hydrogen-bond donors (Lipinski definition) is 0. The summed E-state index contributed by atoms with van der Waals surface area (Å²) in [6.45, 7) is -7.61. The van der Waals surface area contributed by atoms with Crippen molar-refractivity contribution >= 4 is 15.9 Å². The summed E-state index contributed by atoms with van der Waals surface area (Å²) >= 11 is 2.16. The van der Waals surface area contributed by atoms with Gasteiger partial charge in [-0.15, -0.1) is 0 Å². The first-order valence-corrected chi connectivity index (χ1v) is 2.73. The summed E-state index contributed by atoms with van der Waals surface area (Å²) in [5.74, 6) is -4.14. The third kappa shape index (κ3) is 4.95. The number of alkyl halides is 1. The van der Waals surface area contributed by atoms with Crippen molar-refractivity contribution in [2.45, 2.75) is 39.2 Å². The average Bonchev–Trinajstić information content (AvgIpc) is 2.32.